The smallest absolute Gasteiger partial charge is 0.280 e. The minimum Gasteiger partial charge on any atom is -0.494 e. The van der Waals surface area contributed by atoms with Gasteiger partial charge in [0, 0.05) is 0 Å². The highest BCUT2D eigenvalue weighted by Crippen LogP contribution is 2.28. The Morgan fingerprint density at radius 2 is 1.33 bits per heavy atom. The van der Waals surface area contributed by atoms with E-state index >= 15 is 0 Å². The fraction of sp³-hybridized carbons (Fsp3) is 0.0714. The number of aryl methyl sites for hydroxylation is 1. The first-order valence-corrected chi connectivity index (χ1v) is 11.7. The Balaban J connectivity index is 1.73. The predicted molar refractivity (Wildman–Crippen MR) is 144 cm³/mol. The van der Waals surface area contributed by atoms with Crippen LogP contribution in [0.2, 0.25) is 0 Å². The molecule has 1 amide bonds. The van der Waals surface area contributed by atoms with Gasteiger partial charge >= 0.3 is 0 Å². The average Bonchev–Trinajstić information content (AvgIpc) is 3.16. The molecular weight excluding hydrogens is 472 g/mol. The van der Waals surface area contributed by atoms with Crippen molar-refractivity contribution < 1.29 is 9.90 Å². The van der Waals surface area contributed by atoms with Crippen LogP contribution in [0.15, 0.2) is 100 Å². The van der Waals surface area contributed by atoms with Crippen LogP contribution in [-0.4, -0.2) is 25.9 Å². The van der Waals surface area contributed by atoms with Crippen molar-refractivity contribution in [3.63, 3.8) is 0 Å². The minimum atomic E-state index is -0.544. The van der Waals surface area contributed by atoms with Crippen LogP contribution in [0.4, 0.5) is 5.69 Å². The maximum Gasteiger partial charge on any atom is 0.280 e. The van der Waals surface area contributed by atoms with Crippen molar-refractivity contribution in [3.8, 4) is 17.3 Å². The molecule has 1 aliphatic rings. The normalized spacial score (nSPS) is 14.4. The highest BCUT2D eigenvalue weighted by molar-refractivity contribution is 7.71. The largest absolute Gasteiger partial charge is 0.494 e. The molecule has 8 heteroatoms. The van der Waals surface area contributed by atoms with Crippen LogP contribution >= 0.6 is 12.2 Å². The molecule has 1 N–H and O–H groups in total. The van der Waals surface area contributed by atoms with Crippen molar-refractivity contribution in [2.45, 2.75) is 13.8 Å². The van der Waals surface area contributed by atoms with Gasteiger partial charge in [0.05, 0.1) is 28.3 Å². The Hall–Kier alpha value is -4.56. The minimum absolute atomic E-state index is 0.0695. The molecule has 2 heterocycles. The summed E-state index contributed by atoms with van der Waals surface area (Å²) in [5.74, 6) is -0.750. The number of hydrogen-bond donors (Lipinski definition) is 1. The Bertz CT molecular complexity index is 1650. The number of hydrazone groups is 1. The van der Waals surface area contributed by atoms with E-state index in [4.69, 9.17) is 12.2 Å². The highest BCUT2D eigenvalue weighted by atomic mass is 32.1. The quantitative estimate of drug-likeness (QED) is 0.313. The molecule has 0 atom stereocenters. The first-order valence-electron chi connectivity index (χ1n) is 11.3. The summed E-state index contributed by atoms with van der Waals surface area (Å²) >= 11 is 5.66. The third-order valence-electron chi connectivity index (χ3n) is 5.93. The molecule has 1 aliphatic heterocycles. The Labute approximate surface area is 212 Å². The van der Waals surface area contributed by atoms with Crippen LogP contribution in [0, 0.1) is 11.7 Å². The lowest BCUT2D eigenvalue weighted by Gasteiger charge is -2.17. The van der Waals surface area contributed by atoms with Crippen LogP contribution in [0.1, 0.15) is 18.1 Å². The van der Waals surface area contributed by atoms with E-state index < -0.39 is 11.5 Å². The number of carbonyl (C=O) groups is 1. The van der Waals surface area contributed by atoms with Gasteiger partial charge in [0.25, 0.3) is 11.5 Å². The third kappa shape index (κ3) is 3.97. The number of benzene rings is 3. The summed E-state index contributed by atoms with van der Waals surface area (Å²) < 4.78 is 2.86. The number of aromatic nitrogens is 2. The molecule has 0 saturated heterocycles. The van der Waals surface area contributed by atoms with Crippen LogP contribution in [-0.2, 0) is 4.79 Å². The van der Waals surface area contributed by atoms with Crippen molar-refractivity contribution in [2.24, 2.45) is 5.10 Å². The van der Waals surface area contributed by atoms with Gasteiger partial charge in [-0.15, -0.1) is 0 Å². The Kier molecular flexibility index (Phi) is 5.95. The van der Waals surface area contributed by atoms with Gasteiger partial charge in [-0.25, -0.2) is 0 Å². The van der Waals surface area contributed by atoms with Gasteiger partial charge in [0.2, 0.25) is 5.88 Å². The molecule has 0 saturated carbocycles. The second kappa shape index (κ2) is 9.24. The van der Waals surface area contributed by atoms with Crippen LogP contribution in [0.25, 0.3) is 17.5 Å². The molecule has 0 unspecified atom stereocenters. The number of rotatable bonds is 4. The van der Waals surface area contributed by atoms with Gasteiger partial charge in [-0.05, 0) is 68.5 Å². The molecule has 178 valence electrons. The Morgan fingerprint density at radius 3 is 1.92 bits per heavy atom. The summed E-state index contributed by atoms with van der Waals surface area (Å²) in [7, 11) is 0. The molecule has 36 heavy (non-hydrogen) atoms. The second-order valence-electron chi connectivity index (χ2n) is 8.36. The third-order valence-corrected chi connectivity index (χ3v) is 6.29. The van der Waals surface area contributed by atoms with Gasteiger partial charge in [-0.2, -0.15) is 10.1 Å². The van der Waals surface area contributed by atoms with Crippen molar-refractivity contribution in [1.29, 1.82) is 0 Å². The molecule has 0 spiro atoms. The van der Waals surface area contributed by atoms with E-state index in [1.165, 1.54) is 20.2 Å². The van der Waals surface area contributed by atoms with E-state index in [0.717, 1.165) is 5.56 Å². The summed E-state index contributed by atoms with van der Waals surface area (Å²) in [6, 6.07) is 25.4. The topological polar surface area (TPSA) is 79.8 Å². The molecule has 0 radical (unpaired) electrons. The van der Waals surface area contributed by atoms with Crippen LogP contribution in [0.5, 0.6) is 5.88 Å². The maximum atomic E-state index is 13.7. The van der Waals surface area contributed by atoms with Gasteiger partial charge in [0.1, 0.15) is 5.56 Å². The summed E-state index contributed by atoms with van der Waals surface area (Å²) in [6.45, 7) is 3.65. The van der Waals surface area contributed by atoms with E-state index in [9.17, 15) is 14.7 Å². The first kappa shape index (κ1) is 23.2. The lowest BCUT2D eigenvalue weighted by Crippen LogP contribution is -2.26. The monoisotopic (exact) mass is 494 g/mol. The zero-order chi connectivity index (χ0) is 25.4. The Morgan fingerprint density at radius 1 is 0.778 bits per heavy atom. The molecule has 5 rings (SSSR count). The number of carbonyl (C=O) groups excluding carboxylic acids is 1. The fourth-order valence-electron chi connectivity index (χ4n) is 4.04. The SMILES string of the molecule is CC1=NN(c2ccc(C)cc2)C(=O)C1=Cc1c(O)n(-c2ccccc2)c(=S)n(-c2ccccc2)c1=O. The number of para-hydroxylation sites is 2. The van der Waals surface area contributed by atoms with E-state index in [1.54, 1.807) is 43.3 Å². The summed E-state index contributed by atoms with van der Waals surface area (Å²) in [5.41, 5.74) is 2.81. The van der Waals surface area contributed by atoms with Crippen molar-refractivity contribution in [3.05, 3.63) is 117 Å². The standard InChI is InChI=1S/C28H22N4O3S/c1-18-13-15-22(16-14-18)32-27(35)23(19(2)29-32)17-24-25(33)30(20-9-5-3-6-10-20)28(36)31(26(24)34)21-11-7-4-8-12-21/h3-17,33H,1-2H3. The zero-order valence-corrected chi connectivity index (χ0v) is 20.4. The van der Waals surface area contributed by atoms with Gasteiger partial charge in [0.15, 0.2) is 4.77 Å². The number of amides is 1. The predicted octanol–water partition coefficient (Wildman–Crippen LogP) is 5.18. The van der Waals surface area contributed by atoms with E-state index in [-0.39, 0.29) is 21.8 Å². The van der Waals surface area contributed by atoms with Crippen molar-refractivity contribution in [1.82, 2.24) is 9.13 Å². The number of nitrogens with zero attached hydrogens (tertiary/aromatic N) is 4. The molecule has 0 bridgehead atoms. The molecule has 4 aromatic rings. The molecule has 1 aromatic heterocycles. The lowest BCUT2D eigenvalue weighted by molar-refractivity contribution is -0.114. The maximum absolute atomic E-state index is 13.7. The molecule has 0 aliphatic carbocycles. The van der Waals surface area contributed by atoms with Crippen LogP contribution < -0.4 is 10.6 Å². The van der Waals surface area contributed by atoms with Gasteiger partial charge < -0.3 is 5.11 Å². The van der Waals surface area contributed by atoms with E-state index in [2.05, 4.69) is 5.10 Å². The van der Waals surface area contributed by atoms with E-state index in [0.29, 0.717) is 22.8 Å². The highest BCUT2D eigenvalue weighted by Gasteiger charge is 2.30. The molecule has 0 fully saturated rings. The van der Waals surface area contributed by atoms with Gasteiger partial charge in [-0.3, -0.25) is 18.7 Å². The first-order chi connectivity index (χ1) is 17.4. The lowest BCUT2D eigenvalue weighted by atomic mass is 10.1. The zero-order valence-electron chi connectivity index (χ0n) is 19.6. The van der Waals surface area contributed by atoms with Gasteiger partial charge in [-0.1, -0.05) is 54.1 Å². The number of anilines is 1. The summed E-state index contributed by atoms with van der Waals surface area (Å²) in [6.07, 6.45) is 1.39. The number of hydrogen-bond acceptors (Lipinski definition) is 5. The summed E-state index contributed by atoms with van der Waals surface area (Å²) in [5, 5.41) is 17.0. The summed E-state index contributed by atoms with van der Waals surface area (Å²) in [4.78, 5) is 27.0. The molecular formula is C28H22N4O3S. The van der Waals surface area contributed by atoms with Crippen molar-refractivity contribution >= 4 is 35.6 Å². The second-order valence-corrected chi connectivity index (χ2v) is 8.73. The van der Waals surface area contributed by atoms with Crippen molar-refractivity contribution in [2.75, 3.05) is 5.01 Å². The molecule has 3 aromatic carbocycles. The average molecular weight is 495 g/mol. The van der Waals surface area contributed by atoms with Crippen LogP contribution in [0.3, 0.4) is 0 Å². The number of aromatic hydroxyl groups is 1. The fourth-order valence-corrected chi connectivity index (χ4v) is 4.42. The van der Waals surface area contributed by atoms with E-state index in [1.807, 2.05) is 55.5 Å². The molecule has 7 nitrogen and oxygen atoms in total.